The molecule has 0 aliphatic rings. The Balaban J connectivity index is 3.69. The van der Waals surface area contributed by atoms with Crippen LogP contribution in [0.2, 0.25) is 0 Å². The highest BCUT2D eigenvalue weighted by Gasteiger charge is 1.93. The number of halogens is 1. The molecule has 0 aromatic carbocycles. The van der Waals surface area contributed by atoms with Crippen molar-refractivity contribution in [3.63, 3.8) is 0 Å². The van der Waals surface area contributed by atoms with Crippen LogP contribution in [0.1, 0.15) is 6.42 Å². The Kier molecular flexibility index (Phi) is 4.09. The molecule has 0 fully saturated rings. The molecule has 0 heterocycles. The molecule has 0 saturated heterocycles. The highest BCUT2D eigenvalue weighted by atomic mass is 35.5. The Bertz CT molecular complexity index is 130. The third-order valence-electron chi connectivity index (χ3n) is 0.631. The van der Waals surface area contributed by atoms with E-state index >= 15 is 0 Å². The van der Waals surface area contributed by atoms with E-state index in [2.05, 4.69) is 0 Å². The van der Waals surface area contributed by atoms with Gasteiger partial charge in [-0.05, 0) is 0 Å². The van der Waals surface area contributed by atoms with Gasteiger partial charge in [-0.25, -0.2) is 4.79 Å². The van der Waals surface area contributed by atoms with Crippen molar-refractivity contribution in [2.75, 3.05) is 6.61 Å². The van der Waals surface area contributed by atoms with Gasteiger partial charge in [-0.3, -0.25) is 0 Å². The van der Waals surface area contributed by atoms with Gasteiger partial charge in [0.05, 0.1) is 0 Å². The molecular formula is C5H7ClO3. The molecule has 0 aliphatic heterocycles. The smallest absolute Gasteiger partial charge is 0.329 e. The van der Waals surface area contributed by atoms with E-state index in [1.165, 1.54) is 0 Å². The summed E-state index contributed by atoms with van der Waals surface area (Å²) in [6.07, 6.45) is 1.06. The van der Waals surface area contributed by atoms with Gasteiger partial charge < -0.3 is 10.2 Å². The molecule has 9 heavy (non-hydrogen) atoms. The molecule has 0 amide bonds. The van der Waals surface area contributed by atoms with Gasteiger partial charge in [-0.1, -0.05) is 11.6 Å². The Hall–Kier alpha value is -0.540. The summed E-state index contributed by atoms with van der Waals surface area (Å²) in [7, 11) is 0. The van der Waals surface area contributed by atoms with Gasteiger partial charge >= 0.3 is 5.97 Å². The second kappa shape index (κ2) is 4.35. The fourth-order valence-corrected chi connectivity index (χ4v) is 0.491. The molecular weight excluding hydrogens is 144 g/mol. The first-order valence-electron chi connectivity index (χ1n) is 2.36. The van der Waals surface area contributed by atoms with Crippen molar-refractivity contribution < 1.29 is 15.0 Å². The van der Waals surface area contributed by atoms with Crippen molar-refractivity contribution in [1.82, 2.24) is 0 Å². The zero-order chi connectivity index (χ0) is 7.28. The van der Waals surface area contributed by atoms with Gasteiger partial charge in [0, 0.05) is 24.1 Å². The summed E-state index contributed by atoms with van der Waals surface area (Å²) in [6, 6.07) is 0. The van der Waals surface area contributed by atoms with E-state index in [0.29, 0.717) is 0 Å². The third kappa shape index (κ3) is 5.33. The Morgan fingerprint density at radius 1 is 1.67 bits per heavy atom. The lowest BCUT2D eigenvalue weighted by molar-refractivity contribution is -0.131. The molecule has 2 N–H and O–H groups in total. The van der Waals surface area contributed by atoms with Crippen molar-refractivity contribution in [1.29, 1.82) is 0 Å². The number of hydrogen-bond donors (Lipinski definition) is 2. The standard InChI is InChI=1S/C5H7ClO3/c6-4(1-2-7)3-5(8)9/h3,7H,1-2H2,(H,8,9)/b4-3-. The van der Waals surface area contributed by atoms with Gasteiger partial charge in [0.1, 0.15) is 0 Å². The second-order valence-electron chi connectivity index (χ2n) is 1.40. The van der Waals surface area contributed by atoms with Crippen LogP contribution in [0.25, 0.3) is 0 Å². The summed E-state index contributed by atoms with van der Waals surface area (Å²) in [5.74, 6) is -1.09. The van der Waals surface area contributed by atoms with E-state index in [-0.39, 0.29) is 18.1 Å². The third-order valence-corrected chi connectivity index (χ3v) is 0.929. The van der Waals surface area contributed by atoms with Crippen molar-refractivity contribution in [3.05, 3.63) is 11.1 Å². The van der Waals surface area contributed by atoms with E-state index in [9.17, 15) is 4.79 Å². The molecule has 0 rings (SSSR count). The molecule has 0 unspecified atom stereocenters. The lowest BCUT2D eigenvalue weighted by Crippen LogP contribution is -1.90. The van der Waals surface area contributed by atoms with Crippen LogP contribution in [0.15, 0.2) is 11.1 Å². The molecule has 0 radical (unpaired) electrons. The van der Waals surface area contributed by atoms with Gasteiger partial charge in [0.2, 0.25) is 0 Å². The zero-order valence-electron chi connectivity index (χ0n) is 4.67. The number of aliphatic carboxylic acids is 1. The molecule has 0 aliphatic carbocycles. The summed E-state index contributed by atoms with van der Waals surface area (Å²) in [6.45, 7) is -0.122. The van der Waals surface area contributed by atoms with Crippen LogP contribution in [0.4, 0.5) is 0 Å². The van der Waals surface area contributed by atoms with E-state index in [1.54, 1.807) is 0 Å². The van der Waals surface area contributed by atoms with Crippen molar-refractivity contribution in [2.24, 2.45) is 0 Å². The van der Waals surface area contributed by atoms with Gasteiger partial charge in [0.25, 0.3) is 0 Å². The topological polar surface area (TPSA) is 57.5 Å². The second-order valence-corrected chi connectivity index (χ2v) is 1.89. The maximum absolute atomic E-state index is 9.84. The predicted octanol–water partition coefficient (Wildman–Crippen LogP) is 0.576. The molecule has 4 heteroatoms. The number of carbonyl (C=O) groups is 1. The van der Waals surface area contributed by atoms with E-state index < -0.39 is 5.97 Å². The minimum Gasteiger partial charge on any atom is -0.478 e. The number of rotatable bonds is 3. The van der Waals surface area contributed by atoms with E-state index in [1.807, 2.05) is 0 Å². The molecule has 0 spiro atoms. The number of carboxylic acid groups (broad SMARTS) is 1. The maximum atomic E-state index is 9.84. The highest BCUT2D eigenvalue weighted by molar-refractivity contribution is 6.30. The van der Waals surface area contributed by atoms with E-state index in [4.69, 9.17) is 21.8 Å². The molecule has 0 bridgehead atoms. The Morgan fingerprint density at radius 2 is 2.22 bits per heavy atom. The summed E-state index contributed by atoms with van der Waals surface area (Å²) < 4.78 is 0. The molecule has 3 nitrogen and oxygen atoms in total. The summed E-state index contributed by atoms with van der Waals surface area (Å²) >= 11 is 5.30. The monoisotopic (exact) mass is 150 g/mol. The molecule has 0 aromatic heterocycles. The van der Waals surface area contributed by atoms with Crippen LogP contribution < -0.4 is 0 Å². The zero-order valence-corrected chi connectivity index (χ0v) is 5.43. The summed E-state index contributed by atoms with van der Waals surface area (Å²) in [4.78, 5) is 9.84. The quantitative estimate of drug-likeness (QED) is 0.579. The average molecular weight is 151 g/mol. The average Bonchev–Trinajstić information content (AvgIpc) is 1.63. The predicted molar refractivity (Wildman–Crippen MR) is 33.3 cm³/mol. The summed E-state index contributed by atoms with van der Waals surface area (Å²) in [5, 5.41) is 16.5. The van der Waals surface area contributed by atoms with Gasteiger partial charge in [-0.2, -0.15) is 0 Å². The number of hydrogen-bond acceptors (Lipinski definition) is 2. The maximum Gasteiger partial charge on any atom is 0.329 e. The van der Waals surface area contributed by atoms with Crippen LogP contribution >= 0.6 is 11.6 Å². The van der Waals surface area contributed by atoms with Gasteiger partial charge in [0.15, 0.2) is 0 Å². The molecule has 0 atom stereocenters. The first kappa shape index (κ1) is 8.46. The largest absolute Gasteiger partial charge is 0.478 e. The van der Waals surface area contributed by atoms with Crippen molar-refractivity contribution in [2.45, 2.75) is 6.42 Å². The Labute approximate surface area is 57.6 Å². The summed E-state index contributed by atoms with van der Waals surface area (Å²) in [5.41, 5.74) is 0. The van der Waals surface area contributed by atoms with Crippen LogP contribution in [0.5, 0.6) is 0 Å². The SMILES string of the molecule is O=C(O)/C=C(\Cl)CCO. The molecule has 52 valence electrons. The minimum absolute atomic E-state index is 0.122. The van der Waals surface area contributed by atoms with E-state index in [0.717, 1.165) is 6.08 Å². The first-order valence-corrected chi connectivity index (χ1v) is 2.74. The van der Waals surface area contributed by atoms with Crippen LogP contribution in [0, 0.1) is 0 Å². The Morgan fingerprint density at radius 3 is 2.56 bits per heavy atom. The van der Waals surface area contributed by atoms with Crippen LogP contribution in [0.3, 0.4) is 0 Å². The van der Waals surface area contributed by atoms with Crippen LogP contribution in [-0.4, -0.2) is 22.8 Å². The minimum atomic E-state index is -1.09. The normalized spacial score (nSPS) is 11.6. The fraction of sp³-hybridized carbons (Fsp3) is 0.400. The lowest BCUT2D eigenvalue weighted by atomic mass is 10.4. The lowest BCUT2D eigenvalue weighted by Gasteiger charge is -1.89. The number of aliphatic hydroxyl groups is 1. The first-order chi connectivity index (χ1) is 4.16. The van der Waals surface area contributed by atoms with Crippen molar-refractivity contribution >= 4 is 17.6 Å². The van der Waals surface area contributed by atoms with Crippen LogP contribution in [-0.2, 0) is 4.79 Å². The molecule has 0 saturated carbocycles. The van der Waals surface area contributed by atoms with Crippen molar-refractivity contribution in [3.8, 4) is 0 Å². The molecule has 0 aromatic rings. The highest BCUT2D eigenvalue weighted by Crippen LogP contribution is 2.04. The fourth-order valence-electron chi connectivity index (χ4n) is 0.313. The number of aliphatic hydroxyl groups excluding tert-OH is 1. The number of carboxylic acids is 1. The van der Waals surface area contributed by atoms with Gasteiger partial charge in [-0.15, -0.1) is 0 Å².